The molecule has 0 aliphatic carbocycles. The van der Waals surface area contributed by atoms with Crippen molar-refractivity contribution in [1.29, 1.82) is 0 Å². The number of hydrogen-bond donors (Lipinski definition) is 1. The molecule has 0 radical (unpaired) electrons. The Labute approximate surface area is 92.2 Å². The number of para-hydroxylation sites is 1. The van der Waals surface area contributed by atoms with Crippen LogP contribution in [0.3, 0.4) is 0 Å². The van der Waals surface area contributed by atoms with Gasteiger partial charge in [-0.1, -0.05) is 24.3 Å². The van der Waals surface area contributed by atoms with Crippen LogP contribution >= 0.6 is 0 Å². The first-order chi connectivity index (χ1) is 7.52. The first kappa shape index (κ1) is 11.9. The van der Waals surface area contributed by atoms with Gasteiger partial charge in [0.1, 0.15) is 0 Å². The molecular weight excluding hydrogens is 210 g/mol. The second-order valence-corrected chi connectivity index (χ2v) is 3.28. The highest BCUT2D eigenvalue weighted by atomic mass is 16.6. The lowest BCUT2D eigenvalue weighted by Crippen LogP contribution is -1.98. The maximum Gasteiger partial charge on any atom is 0.330 e. The van der Waals surface area contributed by atoms with E-state index in [1.54, 1.807) is 18.2 Å². The SMILES string of the molecule is C/C(=C\Cc1ccccc1[N+](=O)[O-])C(=O)O. The molecule has 1 rings (SSSR count). The van der Waals surface area contributed by atoms with E-state index in [0.29, 0.717) is 5.56 Å². The Balaban J connectivity index is 2.94. The van der Waals surface area contributed by atoms with Crippen LogP contribution in [0.5, 0.6) is 0 Å². The van der Waals surface area contributed by atoms with Crippen molar-refractivity contribution in [2.45, 2.75) is 13.3 Å². The lowest BCUT2D eigenvalue weighted by atomic mass is 10.1. The molecule has 5 nitrogen and oxygen atoms in total. The van der Waals surface area contributed by atoms with Gasteiger partial charge in [-0.05, 0) is 13.3 Å². The third kappa shape index (κ3) is 2.91. The molecule has 0 amide bonds. The van der Waals surface area contributed by atoms with Crippen molar-refractivity contribution in [2.75, 3.05) is 0 Å². The lowest BCUT2D eigenvalue weighted by molar-refractivity contribution is -0.385. The summed E-state index contributed by atoms with van der Waals surface area (Å²) in [5.41, 5.74) is 0.697. The van der Waals surface area contributed by atoms with Crippen molar-refractivity contribution in [3.8, 4) is 0 Å². The van der Waals surface area contributed by atoms with Crippen molar-refractivity contribution in [3.05, 3.63) is 51.6 Å². The van der Waals surface area contributed by atoms with Crippen LogP contribution in [0, 0.1) is 10.1 Å². The van der Waals surface area contributed by atoms with Crippen LogP contribution in [0.25, 0.3) is 0 Å². The fraction of sp³-hybridized carbons (Fsp3) is 0.182. The molecule has 16 heavy (non-hydrogen) atoms. The molecule has 5 heteroatoms. The Morgan fingerprint density at radius 2 is 2.12 bits per heavy atom. The van der Waals surface area contributed by atoms with Crippen LogP contribution < -0.4 is 0 Å². The van der Waals surface area contributed by atoms with Crippen LogP contribution in [0.1, 0.15) is 12.5 Å². The average Bonchev–Trinajstić information content (AvgIpc) is 2.25. The summed E-state index contributed by atoms with van der Waals surface area (Å²) < 4.78 is 0. The van der Waals surface area contributed by atoms with E-state index in [0.717, 1.165) is 0 Å². The molecule has 1 N–H and O–H groups in total. The molecule has 0 bridgehead atoms. The predicted octanol–water partition coefficient (Wildman–Crippen LogP) is 2.17. The maximum absolute atomic E-state index is 10.7. The van der Waals surface area contributed by atoms with Gasteiger partial charge < -0.3 is 5.11 Å². The number of nitro benzene ring substituents is 1. The summed E-state index contributed by atoms with van der Waals surface area (Å²) in [7, 11) is 0. The molecule has 0 unspecified atom stereocenters. The van der Waals surface area contributed by atoms with Gasteiger partial charge >= 0.3 is 5.97 Å². The largest absolute Gasteiger partial charge is 0.478 e. The van der Waals surface area contributed by atoms with E-state index in [-0.39, 0.29) is 17.7 Å². The van der Waals surface area contributed by atoms with E-state index < -0.39 is 10.9 Å². The molecule has 0 aliphatic rings. The minimum Gasteiger partial charge on any atom is -0.478 e. The number of carboxylic acids is 1. The molecule has 0 spiro atoms. The fourth-order valence-electron chi connectivity index (χ4n) is 1.21. The van der Waals surface area contributed by atoms with Crippen LogP contribution in [-0.2, 0) is 11.2 Å². The van der Waals surface area contributed by atoms with E-state index in [4.69, 9.17) is 5.11 Å². The molecule has 0 saturated carbocycles. The van der Waals surface area contributed by atoms with Crippen LogP contribution in [0.15, 0.2) is 35.9 Å². The third-order valence-corrected chi connectivity index (χ3v) is 2.15. The van der Waals surface area contributed by atoms with Gasteiger partial charge in [0, 0.05) is 17.2 Å². The van der Waals surface area contributed by atoms with Crippen LogP contribution in [0.4, 0.5) is 5.69 Å². The van der Waals surface area contributed by atoms with Gasteiger partial charge in [-0.3, -0.25) is 10.1 Å². The highest BCUT2D eigenvalue weighted by molar-refractivity contribution is 5.85. The third-order valence-electron chi connectivity index (χ3n) is 2.15. The molecule has 0 fully saturated rings. The minimum absolute atomic E-state index is 0.0111. The van der Waals surface area contributed by atoms with Crippen LogP contribution in [0.2, 0.25) is 0 Å². The summed E-state index contributed by atoms with van der Waals surface area (Å²) in [6.07, 6.45) is 1.71. The van der Waals surface area contributed by atoms with E-state index >= 15 is 0 Å². The van der Waals surface area contributed by atoms with Gasteiger partial charge in [-0.2, -0.15) is 0 Å². The zero-order chi connectivity index (χ0) is 12.1. The molecular formula is C11H11NO4. The minimum atomic E-state index is -1.02. The summed E-state index contributed by atoms with van der Waals surface area (Å²) in [5, 5.41) is 19.3. The Bertz CT molecular complexity index is 451. The monoisotopic (exact) mass is 221 g/mol. The van der Waals surface area contributed by atoms with Crippen molar-refractivity contribution >= 4 is 11.7 Å². The number of hydrogen-bond acceptors (Lipinski definition) is 3. The average molecular weight is 221 g/mol. The second kappa shape index (κ2) is 5.06. The zero-order valence-electron chi connectivity index (χ0n) is 8.71. The normalized spacial score (nSPS) is 11.2. The fourth-order valence-corrected chi connectivity index (χ4v) is 1.21. The van der Waals surface area contributed by atoms with Crippen molar-refractivity contribution < 1.29 is 14.8 Å². The number of rotatable bonds is 4. The lowest BCUT2D eigenvalue weighted by Gasteiger charge is -1.99. The van der Waals surface area contributed by atoms with E-state index in [1.165, 1.54) is 19.1 Å². The Hall–Kier alpha value is -2.17. The summed E-state index contributed by atoms with van der Waals surface area (Å²) in [4.78, 5) is 20.7. The van der Waals surface area contributed by atoms with Gasteiger partial charge in [0.05, 0.1) is 4.92 Å². The Kier molecular flexibility index (Phi) is 3.77. The Morgan fingerprint density at radius 1 is 1.50 bits per heavy atom. The van der Waals surface area contributed by atoms with E-state index in [2.05, 4.69) is 0 Å². The van der Waals surface area contributed by atoms with Gasteiger partial charge in [0.25, 0.3) is 5.69 Å². The van der Waals surface area contributed by atoms with Crippen molar-refractivity contribution in [1.82, 2.24) is 0 Å². The quantitative estimate of drug-likeness (QED) is 0.480. The topological polar surface area (TPSA) is 80.4 Å². The smallest absolute Gasteiger partial charge is 0.330 e. The highest BCUT2D eigenvalue weighted by Gasteiger charge is 2.11. The van der Waals surface area contributed by atoms with Crippen molar-refractivity contribution in [3.63, 3.8) is 0 Å². The maximum atomic E-state index is 10.7. The summed E-state index contributed by atoms with van der Waals surface area (Å²) >= 11 is 0. The van der Waals surface area contributed by atoms with Gasteiger partial charge in [0.15, 0.2) is 0 Å². The van der Waals surface area contributed by atoms with Gasteiger partial charge in [-0.25, -0.2) is 4.79 Å². The number of nitrogens with zero attached hydrogens (tertiary/aromatic N) is 1. The van der Waals surface area contributed by atoms with E-state index in [1.807, 2.05) is 0 Å². The zero-order valence-corrected chi connectivity index (χ0v) is 8.71. The number of allylic oxidation sites excluding steroid dienone is 1. The number of nitro groups is 1. The second-order valence-electron chi connectivity index (χ2n) is 3.28. The Morgan fingerprint density at radius 3 is 2.69 bits per heavy atom. The molecule has 0 atom stereocenters. The standard InChI is InChI=1S/C11H11NO4/c1-8(11(13)14)6-7-9-4-2-3-5-10(9)12(15)16/h2-6H,7H2,1H3,(H,13,14)/b8-6+. The number of carbonyl (C=O) groups is 1. The first-order valence-electron chi connectivity index (χ1n) is 4.64. The molecule has 0 heterocycles. The van der Waals surface area contributed by atoms with E-state index in [9.17, 15) is 14.9 Å². The first-order valence-corrected chi connectivity index (χ1v) is 4.64. The molecule has 0 aliphatic heterocycles. The van der Waals surface area contributed by atoms with Crippen molar-refractivity contribution in [2.24, 2.45) is 0 Å². The summed E-state index contributed by atoms with van der Waals surface area (Å²) in [5.74, 6) is -1.02. The molecule has 0 aromatic heterocycles. The number of carboxylic acid groups (broad SMARTS) is 1. The number of aliphatic carboxylic acids is 1. The molecule has 1 aromatic rings. The molecule has 84 valence electrons. The summed E-state index contributed by atoms with van der Waals surface area (Å²) in [6.45, 7) is 1.46. The number of benzene rings is 1. The van der Waals surface area contributed by atoms with Gasteiger partial charge in [-0.15, -0.1) is 0 Å². The highest BCUT2D eigenvalue weighted by Crippen LogP contribution is 2.18. The molecule has 0 saturated heterocycles. The summed E-state index contributed by atoms with van der Waals surface area (Å²) in [6, 6.07) is 6.28. The predicted molar refractivity (Wildman–Crippen MR) is 58.2 cm³/mol. The van der Waals surface area contributed by atoms with Crippen LogP contribution in [-0.4, -0.2) is 16.0 Å². The van der Waals surface area contributed by atoms with Gasteiger partial charge in [0.2, 0.25) is 0 Å². The molecule has 1 aromatic carbocycles.